The summed E-state index contributed by atoms with van der Waals surface area (Å²) in [5.74, 6) is -1.26. The van der Waals surface area contributed by atoms with Crippen LogP contribution in [0.4, 0.5) is 4.39 Å². The number of halogens is 1. The van der Waals surface area contributed by atoms with E-state index in [9.17, 15) is 19.1 Å². The summed E-state index contributed by atoms with van der Waals surface area (Å²) in [6.45, 7) is 3.17. The molecule has 7 nitrogen and oxygen atoms in total. The van der Waals surface area contributed by atoms with Crippen molar-refractivity contribution in [3.8, 4) is 5.75 Å². The molecule has 0 radical (unpaired) electrons. The van der Waals surface area contributed by atoms with Gasteiger partial charge in [-0.1, -0.05) is 48.9 Å². The fourth-order valence-corrected chi connectivity index (χ4v) is 4.18. The van der Waals surface area contributed by atoms with Crippen molar-refractivity contribution in [2.75, 3.05) is 19.6 Å². The van der Waals surface area contributed by atoms with E-state index in [-0.39, 0.29) is 18.1 Å². The van der Waals surface area contributed by atoms with Crippen LogP contribution >= 0.6 is 0 Å². The summed E-state index contributed by atoms with van der Waals surface area (Å²) in [6, 6.07) is 15.3. The highest BCUT2D eigenvalue weighted by Crippen LogP contribution is 2.15. The molecule has 1 aromatic heterocycles. The molecule has 4 rings (SSSR count). The van der Waals surface area contributed by atoms with Crippen LogP contribution in [0.2, 0.25) is 0 Å². The molecule has 0 saturated carbocycles. The molecule has 34 heavy (non-hydrogen) atoms. The standard InChI is InChI=1S/C26H29FN4O3/c27-21-11-9-20(10-12-21)18-28-25(33)23-24(32)26(34)31(16-15-30-13-5-2-6-14-30)22(29-23)17-19-7-3-1-4-8-19/h1,3-4,7-12,32H,2,5-6,13-18H2,(H,28,33). The van der Waals surface area contributed by atoms with E-state index in [1.54, 1.807) is 12.1 Å². The molecule has 178 valence electrons. The number of piperidine rings is 1. The molecule has 3 aromatic rings. The van der Waals surface area contributed by atoms with Gasteiger partial charge >= 0.3 is 0 Å². The molecule has 8 heteroatoms. The average Bonchev–Trinajstić information content (AvgIpc) is 2.86. The lowest BCUT2D eigenvalue weighted by atomic mass is 10.1. The zero-order valence-electron chi connectivity index (χ0n) is 19.0. The minimum absolute atomic E-state index is 0.117. The molecule has 2 heterocycles. The zero-order chi connectivity index (χ0) is 23.9. The van der Waals surface area contributed by atoms with Gasteiger partial charge in [-0.2, -0.15) is 0 Å². The molecule has 1 fully saturated rings. The van der Waals surface area contributed by atoms with Gasteiger partial charge < -0.3 is 15.3 Å². The van der Waals surface area contributed by atoms with Crippen molar-refractivity contribution in [1.29, 1.82) is 0 Å². The highest BCUT2D eigenvalue weighted by Gasteiger charge is 2.22. The maximum Gasteiger partial charge on any atom is 0.296 e. The third-order valence-electron chi connectivity index (χ3n) is 6.10. The van der Waals surface area contributed by atoms with Crippen LogP contribution in [-0.2, 0) is 19.5 Å². The Morgan fingerprint density at radius 2 is 1.68 bits per heavy atom. The van der Waals surface area contributed by atoms with Gasteiger partial charge in [0.15, 0.2) is 5.69 Å². The fourth-order valence-electron chi connectivity index (χ4n) is 4.18. The van der Waals surface area contributed by atoms with Crippen LogP contribution in [0.1, 0.15) is 46.7 Å². The van der Waals surface area contributed by atoms with Crippen molar-refractivity contribution in [3.63, 3.8) is 0 Å². The lowest BCUT2D eigenvalue weighted by Gasteiger charge is -2.27. The van der Waals surface area contributed by atoms with Gasteiger partial charge in [0, 0.05) is 26.1 Å². The second-order valence-corrected chi connectivity index (χ2v) is 8.56. The van der Waals surface area contributed by atoms with Gasteiger partial charge in [-0.3, -0.25) is 14.2 Å². The lowest BCUT2D eigenvalue weighted by Crippen LogP contribution is -2.37. The SMILES string of the molecule is O=C(NCc1ccc(F)cc1)c1nc(Cc2ccccc2)n(CCN2CCCCC2)c(=O)c1O. The number of aromatic hydroxyl groups is 1. The van der Waals surface area contributed by atoms with Crippen molar-refractivity contribution in [3.05, 3.63) is 93.4 Å². The topological polar surface area (TPSA) is 87.5 Å². The largest absolute Gasteiger partial charge is 0.501 e. The monoisotopic (exact) mass is 464 g/mol. The number of carbonyl (C=O) groups is 1. The van der Waals surface area contributed by atoms with Crippen LogP contribution in [0.5, 0.6) is 5.75 Å². The van der Waals surface area contributed by atoms with E-state index in [1.807, 2.05) is 30.3 Å². The highest BCUT2D eigenvalue weighted by molar-refractivity contribution is 5.94. The number of hydrogen-bond donors (Lipinski definition) is 2. The number of nitrogens with one attached hydrogen (secondary N) is 1. The first-order valence-electron chi connectivity index (χ1n) is 11.6. The van der Waals surface area contributed by atoms with Gasteiger partial charge in [-0.15, -0.1) is 0 Å². The average molecular weight is 465 g/mol. The number of benzene rings is 2. The van der Waals surface area contributed by atoms with Crippen molar-refractivity contribution in [2.45, 2.75) is 38.8 Å². The number of hydrogen-bond acceptors (Lipinski definition) is 5. The molecule has 0 unspecified atom stereocenters. The quantitative estimate of drug-likeness (QED) is 0.535. The number of carbonyl (C=O) groups excluding carboxylic acids is 1. The summed E-state index contributed by atoms with van der Waals surface area (Å²) in [5.41, 5.74) is 0.718. The van der Waals surface area contributed by atoms with Gasteiger partial charge in [0.1, 0.15) is 11.6 Å². The zero-order valence-corrected chi connectivity index (χ0v) is 19.0. The number of nitrogens with zero attached hydrogens (tertiary/aromatic N) is 3. The van der Waals surface area contributed by atoms with Crippen LogP contribution in [0.3, 0.4) is 0 Å². The van der Waals surface area contributed by atoms with E-state index >= 15 is 0 Å². The molecule has 2 N–H and O–H groups in total. The van der Waals surface area contributed by atoms with E-state index in [0.717, 1.165) is 31.5 Å². The molecule has 1 aliphatic rings. The van der Waals surface area contributed by atoms with Gasteiger partial charge in [0.05, 0.1) is 0 Å². The maximum absolute atomic E-state index is 13.1. The van der Waals surface area contributed by atoms with Gasteiger partial charge in [0.2, 0.25) is 5.75 Å². The Balaban J connectivity index is 1.59. The maximum atomic E-state index is 13.1. The number of rotatable bonds is 8. The first-order valence-corrected chi connectivity index (χ1v) is 11.6. The molecule has 2 aromatic carbocycles. The minimum atomic E-state index is -0.660. The third-order valence-corrected chi connectivity index (χ3v) is 6.10. The van der Waals surface area contributed by atoms with Gasteiger partial charge in [-0.05, 0) is 49.2 Å². The van der Waals surface area contributed by atoms with Crippen LogP contribution in [0.15, 0.2) is 59.4 Å². The Hall–Kier alpha value is -3.52. The van der Waals surface area contributed by atoms with Crippen molar-refractivity contribution in [2.24, 2.45) is 0 Å². The van der Waals surface area contributed by atoms with Crippen LogP contribution in [-0.4, -0.2) is 45.1 Å². The Kier molecular flexibility index (Phi) is 7.69. The second-order valence-electron chi connectivity index (χ2n) is 8.56. The summed E-state index contributed by atoms with van der Waals surface area (Å²) >= 11 is 0. The Morgan fingerprint density at radius 3 is 2.38 bits per heavy atom. The Bertz CT molecular complexity index is 1170. The van der Waals surface area contributed by atoms with Crippen LogP contribution in [0.25, 0.3) is 0 Å². The van der Waals surface area contributed by atoms with Gasteiger partial charge in [-0.25, -0.2) is 9.37 Å². The molecule has 1 amide bonds. The molecule has 1 aliphatic heterocycles. The molecule has 0 bridgehead atoms. The highest BCUT2D eigenvalue weighted by atomic mass is 19.1. The molecular formula is C26H29FN4O3. The van der Waals surface area contributed by atoms with E-state index in [4.69, 9.17) is 0 Å². The van der Waals surface area contributed by atoms with Gasteiger partial charge in [0.25, 0.3) is 11.5 Å². The molecular weight excluding hydrogens is 435 g/mol. The number of likely N-dealkylation sites (tertiary alicyclic amines) is 1. The van der Waals surface area contributed by atoms with E-state index < -0.39 is 17.2 Å². The molecule has 0 aliphatic carbocycles. The predicted octanol–water partition coefficient (Wildman–Crippen LogP) is 3.09. The fraction of sp³-hybridized carbons (Fsp3) is 0.346. The predicted molar refractivity (Wildman–Crippen MR) is 127 cm³/mol. The van der Waals surface area contributed by atoms with Crippen molar-refractivity contribution < 1.29 is 14.3 Å². The molecule has 0 atom stereocenters. The third kappa shape index (κ3) is 5.88. The number of aromatic nitrogens is 2. The van der Waals surface area contributed by atoms with Crippen LogP contribution in [0, 0.1) is 5.82 Å². The smallest absolute Gasteiger partial charge is 0.296 e. The molecule has 0 spiro atoms. The van der Waals surface area contributed by atoms with Crippen molar-refractivity contribution >= 4 is 5.91 Å². The van der Waals surface area contributed by atoms with Crippen molar-refractivity contribution in [1.82, 2.24) is 19.8 Å². The minimum Gasteiger partial charge on any atom is -0.501 e. The summed E-state index contributed by atoms with van der Waals surface area (Å²) < 4.78 is 14.6. The Morgan fingerprint density at radius 1 is 0.971 bits per heavy atom. The summed E-state index contributed by atoms with van der Waals surface area (Å²) in [5, 5.41) is 13.2. The number of amides is 1. The van der Waals surface area contributed by atoms with E-state index in [1.165, 1.54) is 23.1 Å². The van der Waals surface area contributed by atoms with E-state index in [2.05, 4.69) is 15.2 Å². The summed E-state index contributed by atoms with van der Waals surface area (Å²) in [4.78, 5) is 32.7. The Labute approximate surface area is 197 Å². The van der Waals surface area contributed by atoms with Crippen LogP contribution < -0.4 is 10.9 Å². The first kappa shape index (κ1) is 23.6. The molecule has 1 saturated heterocycles. The van der Waals surface area contributed by atoms with E-state index in [0.29, 0.717) is 30.9 Å². The second kappa shape index (κ2) is 11.1. The normalized spacial score (nSPS) is 14.1. The first-order chi connectivity index (χ1) is 16.5. The summed E-state index contributed by atoms with van der Waals surface area (Å²) in [7, 11) is 0. The lowest BCUT2D eigenvalue weighted by molar-refractivity contribution is 0.0941. The summed E-state index contributed by atoms with van der Waals surface area (Å²) in [6.07, 6.45) is 3.86.